The molecule has 0 aromatic carbocycles. The lowest BCUT2D eigenvalue weighted by atomic mass is 10.2. The molecule has 0 saturated carbocycles. The minimum Gasteiger partial charge on any atom is -0.355 e. The highest BCUT2D eigenvalue weighted by atomic mass is 35.5. The maximum absolute atomic E-state index is 11.3. The van der Waals surface area contributed by atoms with Crippen LogP contribution in [-0.4, -0.2) is 29.1 Å². The van der Waals surface area contributed by atoms with Gasteiger partial charge in [0.15, 0.2) is 5.82 Å². The zero-order valence-electron chi connectivity index (χ0n) is 10.6. The standard InChI is InChI=1S/C11H20N4O2.ClH/c1-2-4-9-14-11(17-15-9)6-3-5-10(16)13-8-7-12;/h2-8,12H2,1H3,(H,13,16);1H. The number of carbonyl (C=O) groups is 1. The molecule has 1 heterocycles. The van der Waals surface area contributed by atoms with Gasteiger partial charge in [-0.25, -0.2) is 0 Å². The first-order chi connectivity index (χ1) is 8.26. The van der Waals surface area contributed by atoms with Gasteiger partial charge in [-0.3, -0.25) is 4.79 Å². The molecule has 6 nitrogen and oxygen atoms in total. The third-order valence-electron chi connectivity index (χ3n) is 2.24. The highest BCUT2D eigenvalue weighted by Crippen LogP contribution is 2.04. The average Bonchev–Trinajstić information content (AvgIpc) is 2.75. The molecule has 18 heavy (non-hydrogen) atoms. The van der Waals surface area contributed by atoms with E-state index in [0.29, 0.717) is 38.2 Å². The predicted octanol–water partition coefficient (Wildman–Crippen LogP) is 0.841. The van der Waals surface area contributed by atoms with Gasteiger partial charge in [-0.2, -0.15) is 4.98 Å². The number of carbonyl (C=O) groups excluding carboxylic acids is 1. The fraction of sp³-hybridized carbons (Fsp3) is 0.727. The Morgan fingerprint density at radius 1 is 1.44 bits per heavy atom. The molecule has 0 bridgehead atoms. The first-order valence-electron chi connectivity index (χ1n) is 6.04. The molecule has 0 aliphatic rings. The number of hydrogen-bond donors (Lipinski definition) is 2. The van der Waals surface area contributed by atoms with Gasteiger partial charge in [0, 0.05) is 32.4 Å². The van der Waals surface area contributed by atoms with Crippen LogP contribution in [0.25, 0.3) is 0 Å². The van der Waals surface area contributed by atoms with E-state index in [1.54, 1.807) is 0 Å². The topological polar surface area (TPSA) is 94.0 Å². The van der Waals surface area contributed by atoms with Crippen LogP contribution in [0.1, 0.15) is 37.9 Å². The zero-order valence-corrected chi connectivity index (χ0v) is 11.5. The number of aromatic nitrogens is 2. The Hall–Kier alpha value is -1.14. The summed E-state index contributed by atoms with van der Waals surface area (Å²) in [6, 6.07) is 0. The van der Waals surface area contributed by atoms with Crippen LogP contribution in [0.5, 0.6) is 0 Å². The van der Waals surface area contributed by atoms with E-state index in [2.05, 4.69) is 22.4 Å². The van der Waals surface area contributed by atoms with Crippen molar-refractivity contribution in [3.8, 4) is 0 Å². The molecule has 0 aliphatic carbocycles. The van der Waals surface area contributed by atoms with Crippen LogP contribution in [-0.2, 0) is 17.6 Å². The molecule has 0 unspecified atom stereocenters. The van der Waals surface area contributed by atoms with Gasteiger partial charge >= 0.3 is 0 Å². The minimum absolute atomic E-state index is 0. The molecule has 1 aromatic heterocycles. The van der Waals surface area contributed by atoms with E-state index < -0.39 is 0 Å². The number of rotatable bonds is 8. The minimum atomic E-state index is 0. The number of nitrogens with one attached hydrogen (secondary N) is 1. The maximum Gasteiger partial charge on any atom is 0.226 e. The Kier molecular flexibility index (Phi) is 9.22. The number of halogens is 1. The Balaban J connectivity index is 0.00000289. The van der Waals surface area contributed by atoms with Gasteiger partial charge in [0.1, 0.15) is 0 Å². The summed E-state index contributed by atoms with van der Waals surface area (Å²) in [4.78, 5) is 15.5. The van der Waals surface area contributed by atoms with E-state index in [9.17, 15) is 4.79 Å². The smallest absolute Gasteiger partial charge is 0.226 e. The lowest BCUT2D eigenvalue weighted by Crippen LogP contribution is -2.28. The van der Waals surface area contributed by atoms with Crippen molar-refractivity contribution >= 4 is 18.3 Å². The highest BCUT2D eigenvalue weighted by molar-refractivity contribution is 5.85. The van der Waals surface area contributed by atoms with Crippen LogP contribution in [0.2, 0.25) is 0 Å². The molecular formula is C11H21ClN4O2. The van der Waals surface area contributed by atoms with Gasteiger partial charge in [-0.1, -0.05) is 12.1 Å². The Morgan fingerprint density at radius 2 is 2.22 bits per heavy atom. The lowest BCUT2D eigenvalue weighted by molar-refractivity contribution is -0.121. The molecule has 0 atom stereocenters. The summed E-state index contributed by atoms with van der Waals surface area (Å²) in [6.45, 7) is 3.06. The molecule has 0 spiro atoms. The number of amides is 1. The van der Waals surface area contributed by atoms with E-state index in [0.717, 1.165) is 18.7 Å². The second kappa shape index (κ2) is 9.85. The molecule has 0 aliphatic heterocycles. The van der Waals surface area contributed by atoms with Crippen LogP contribution in [0, 0.1) is 0 Å². The third-order valence-corrected chi connectivity index (χ3v) is 2.24. The van der Waals surface area contributed by atoms with Gasteiger partial charge in [0.05, 0.1) is 0 Å². The van der Waals surface area contributed by atoms with E-state index >= 15 is 0 Å². The quantitative estimate of drug-likeness (QED) is 0.734. The summed E-state index contributed by atoms with van der Waals surface area (Å²) >= 11 is 0. The molecule has 0 saturated heterocycles. The monoisotopic (exact) mass is 276 g/mol. The van der Waals surface area contributed by atoms with Gasteiger partial charge in [0.2, 0.25) is 11.8 Å². The first-order valence-corrected chi connectivity index (χ1v) is 6.04. The van der Waals surface area contributed by atoms with Gasteiger partial charge < -0.3 is 15.6 Å². The van der Waals surface area contributed by atoms with Crippen LogP contribution < -0.4 is 11.1 Å². The van der Waals surface area contributed by atoms with Crippen molar-refractivity contribution in [2.24, 2.45) is 5.73 Å². The Bertz CT molecular complexity index is 344. The van der Waals surface area contributed by atoms with E-state index in [4.69, 9.17) is 10.3 Å². The predicted molar refractivity (Wildman–Crippen MR) is 70.5 cm³/mol. The summed E-state index contributed by atoms with van der Waals surface area (Å²) in [5.41, 5.74) is 5.28. The molecule has 7 heteroatoms. The first kappa shape index (κ1) is 16.9. The third kappa shape index (κ3) is 6.56. The largest absolute Gasteiger partial charge is 0.355 e. The van der Waals surface area contributed by atoms with Crippen LogP contribution in [0.3, 0.4) is 0 Å². The fourth-order valence-electron chi connectivity index (χ4n) is 1.42. The SMILES string of the molecule is CCCc1noc(CCCC(=O)NCCN)n1.Cl. The van der Waals surface area contributed by atoms with Crippen molar-refractivity contribution in [3.63, 3.8) is 0 Å². The number of aryl methyl sites for hydroxylation is 2. The highest BCUT2D eigenvalue weighted by Gasteiger charge is 2.06. The second-order valence-corrected chi connectivity index (χ2v) is 3.85. The molecule has 1 aromatic rings. The summed E-state index contributed by atoms with van der Waals surface area (Å²) in [5, 5.41) is 6.56. The molecule has 3 N–H and O–H groups in total. The summed E-state index contributed by atoms with van der Waals surface area (Å²) < 4.78 is 5.07. The zero-order chi connectivity index (χ0) is 12.5. The summed E-state index contributed by atoms with van der Waals surface area (Å²) in [7, 11) is 0. The van der Waals surface area contributed by atoms with Crippen LogP contribution >= 0.6 is 12.4 Å². The molecule has 0 radical (unpaired) electrons. The average molecular weight is 277 g/mol. The molecule has 1 rings (SSSR count). The molecule has 0 fully saturated rings. The number of nitrogens with zero attached hydrogens (tertiary/aromatic N) is 2. The fourth-order valence-corrected chi connectivity index (χ4v) is 1.42. The summed E-state index contributed by atoms with van der Waals surface area (Å²) in [6.07, 6.45) is 3.66. The van der Waals surface area contributed by atoms with E-state index in [1.165, 1.54) is 0 Å². The van der Waals surface area contributed by atoms with Crippen molar-refractivity contribution in [1.29, 1.82) is 0 Å². The van der Waals surface area contributed by atoms with Gasteiger partial charge in [0.25, 0.3) is 0 Å². The van der Waals surface area contributed by atoms with Gasteiger partial charge in [-0.15, -0.1) is 12.4 Å². The molecular weight excluding hydrogens is 256 g/mol. The number of nitrogens with two attached hydrogens (primary N) is 1. The summed E-state index contributed by atoms with van der Waals surface area (Å²) in [5.74, 6) is 1.37. The number of hydrogen-bond acceptors (Lipinski definition) is 5. The molecule has 1 amide bonds. The van der Waals surface area contributed by atoms with Crippen molar-refractivity contribution in [2.75, 3.05) is 13.1 Å². The maximum atomic E-state index is 11.3. The molecule has 104 valence electrons. The second-order valence-electron chi connectivity index (χ2n) is 3.85. The van der Waals surface area contributed by atoms with E-state index in [1.807, 2.05) is 0 Å². The van der Waals surface area contributed by atoms with Crippen LogP contribution in [0.4, 0.5) is 0 Å². The van der Waals surface area contributed by atoms with Crippen molar-refractivity contribution < 1.29 is 9.32 Å². The lowest BCUT2D eigenvalue weighted by Gasteiger charge is -2.01. The van der Waals surface area contributed by atoms with Gasteiger partial charge in [-0.05, 0) is 12.8 Å². The van der Waals surface area contributed by atoms with Crippen molar-refractivity contribution in [2.45, 2.75) is 39.0 Å². The van der Waals surface area contributed by atoms with Crippen molar-refractivity contribution in [3.05, 3.63) is 11.7 Å². The Morgan fingerprint density at radius 3 is 2.89 bits per heavy atom. The van der Waals surface area contributed by atoms with Crippen LogP contribution in [0.15, 0.2) is 4.52 Å². The Labute approximate surface area is 113 Å². The normalized spacial score (nSPS) is 9.89. The van der Waals surface area contributed by atoms with E-state index in [-0.39, 0.29) is 18.3 Å². The van der Waals surface area contributed by atoms with Crippen molar-refractivity contribution in [1.82, 2.24) is 15.5 Å².